The number of ether oxygens (including phenoxy) is 1. The number of hydrogen-bond donors (Lipinski definition) is 2. The van der Waals surface area contributed by atoms with Crippen molar-refractivity contribution in [2.45, 2.75) is 30.7 Å². The molecular weight excluding hydrogens is 528 g/mol. The molecule has 36 heavy (non-hydrogen) atoms. The zero-order valence-electron chi connectivity index (χ0n) is 19.7. The summed E-state index contributed by atoms with van der Waals surface area (Å²) in [4.78, 5) is 41.5. The molecule has 2 aromatic rings. The second kappa shape index (κ2) is 11.3. The summed E-state index contributed by atoms with van der Waals surface area (Å²) in [5.41, 5.74) is 0.939. The third kappa shape index (κ3) is 5.89. The Morgan fingerprint density at radius 1 is 1.17 bits per heavy atom. The zero-order chi connectivity index (χ0) is 25.9. The highest BCUT2D eigenvalue weighted by atomic mass is 35.5. The standard InChI is InChI=1S/C23H27ClN4O6S2/c1-15-17(28-9-3-6-21(28)29)4-2-5-19(15)36(32,33)26-16(23(31)27-10-12-34-13-11-27)14-25-22(30)18-7-8-20(24)35-18/h2,4-5,7-8,16,26H,3,6,9-14H2,1H3,(H,25,30)/t16-/m0/s1. The Labute approximate surface area is 218 Å². The Bertz CT molecular complexity index is 1260. The van der Waals surface area contributed by atoms with E-state index >= 15 is 0 Å². The topological polar surface area (TPSA) is 125 Å². The lowest BCUT2D eigenvalue weighted by atomic mass is 10.2. The molecule has 3 heterocycles. The van der Waals surface area contributed by atoms with Crippen molar-refractivity contribution in [1.82, 2.24) is 14.9 Å². The van der Waals surface area contributed by atoms with Gasteiger partial charge in [-0.3, -0.25) is 14.4 Å². The van der Waals surface area contributed by atoms with Gasteiger partial charge in [0, 0.05) is 38.3 Å². The van der Waals surface area contributed by atoms with Crippen LogP contribution in [-0.2, 0) is 24.3 Å². The lowest BCUT2D eigenvalue weighted by molar-refractivity contribution is -0.136. The van der Waals surface area contributed by atoms with Crippen LogP contribution in [0.25, 0.3) is 0 Å². The van der Waals surface area contributed by atoms with Gasteiger partial charge in [0.1, 0.15) is 6.04 Å². The van der Waals surface area contributed by atoms with E-state index in [1.807, 2.05) is 0 Å². The highest BCUT2D eigenvalue weighted by Gasteiger charge is 2.33. The van der Waals surface area contributed by atoms with Crippen molar-refractivity contribution in [3.63, 3.8) is 0 Å². The molecule has 0 unspecified atom stereocenters. The normalized spacial score (nSPS) is 17.3. The van der Waals surface area contributed by atoms with E-state index in [0.29, 0.717) is 66.2 Å². The molecule has 194 valence electrons. The van der Waals surface area contributed by atoms with Crippen LogP contribution in [0.2, 0.25) is 4.34 Å². The number of nitrogens with zero attached hydrogens (tertiary/aromatic N) is 2. The average Bonchev–Trinajstić information content (AvgIpc) is 3.49. The van der Waals surface area contributed by atoms with Crippen LogP contribution in [0.4, 0.5) is 5.69 Å². The van der Waals surface area contributed by atoms with Crippen molar-refractivity contribution in [2.75, 3.05) is 44.3 Å². The molecule has 13 heteroatoms. The molecule has 1 aromatic carbocycles. The summed E-state index contributed by atoms with van der Waals surface area (Å²) in [5, 5.41) is 2.64. The lowest BCUT2D eigenvalue weighted by Crippen LogP contribution is -2.55. The third-order valence-corrected chi connectivity index (χ3v) is 8.94. The molecule has 3 amide bonds. The van der Waals surface area contributed by atoms with E-state index < -0.39 is 27.9 Å². The third-order valence-electron chi connectivity index (χ3n) is 6.09. The van der Waals surface area contributed by atoms with Crippen LogP contribution in [0.5, 0.6) is 0 Å². The number of amides is 3. The summed E-state index contributed by atoms with van der Waals surface area (Å²) in [6.45, 7) is 3.22. The van der Waals surface area contributed by atoms with Crippen LogP contribution >= 0.6 is 22.9 Å². The summed E-state index contributed by atoms with van der Waals surface area (Å²) in [7, 11) is -4.19. The number of carbonyl (C=O) groups excluding carboxylic acids is 3. The van der Waals surface area contributed by atoms with Crippen molar-refractivity contribution < 1.29 is 27.5 Å². The smallest absolute Gasteiger partial charge is 0.261 e. The molecule has 2 fully saturated rings. The average molecular weight is 555 g/mol. The zero-order valence-corrected chi connectivity index (χ0v) is 22.0. The summed E-state index contributed by atoms with van der Waals surface area (Å²) in [6.07, 6.45) is 1.12. The van der Waals surface area contributed by atoms with Gasteiger partial charge in [0.25, 0.3) is 5.91 Å². The molecule has 1 atom stereocenters. The summed E-state index contributed by atoms with van der Waals surface area (Å²) < 4.78 is 35.2. The summed E-state index contributed by atoms with van der Waals surface area (Å²) in [6, 6.07) is 6.61. The molecule has 2 N–H and O–H groups in total. The monoisotopic (exact) mass is 554 g/mol. The largest absolute Gasteiger partial charge is 0.378 e. The molecule has 0 aliphatic carbocycles. The van der Waals surface area contributed by atoms with Gasteiger partial charge in [-0.05, 0) is 43.2 Å². The molecule has 4 rings (SSSR count). The van der Waals surface area contributed by atoms with Gasteiger partial charge in [-0.1, -0.05) is 17.7 Å². The van der Waals surface area contributed by atoms with Crippen molar-refractivity contribution in [2.24, 2.45) is 0 Å². The Morgan fingerprint density at radius 3 is 2.56 bits per heavy atom. The minimum atomic E-state index is -4.19. The lowest BCUT2D eigenvalue weighted by Gasteiger charge is -2.31. The molecule has 10 nitrogen and oxygen atoms in total. The number of sulfonamides is 1. The number of rotatable bonds is 8. The van der Waals surface area contributed by atoms with Gasteiger partial charge in [-0.15, -0.1) is 11.3 Å². The first-order valence-electron chi connectivity index (χ1n) is 11.5. The number of thiophene rings is 1. The number of benzene rings is 1. The highest BCUT2D eigenvalue weighted by molar-refractivity contribution is 7.89. The number of carbonyl (C=O) groups is 3. The van der Waals surface area contributed by atoms with Crippen LogP contribution in [0.15, 0.2) is 35.2 Å². The first-order valence-corrected chi connectivity index (χ1v) is 14.2. The van der Waals surface area contributed by atoms with E-state index in [1.165, 1.54) is 11.0 Å². The van der Waals surface area contributed by atoms with Gasteiger partial charge < -0.3 is 19.9 Å². The second-order valence-corrected chi connectivity index (χ2v) is 11.9. The molecule has 2 aliphatic heterocycles. The maximum Gasteiger partial charge on any atom is 0.261 e. The molecule has 2 aliphatic rings. The van der Waals surface area contributed by atoms with Gasteiger partial charge in [0.15, 0.2) is 0 Å². The predicted octanol–water partition coefficient (Wildman–Crippen LogP) is 1.77. The van der Waals surface area contributed by atoms with Gasteiger partial charge >= 0.3 is 0 Å². The summed E-state index contributed by atoms with van der Waals surface area (Å²) in [5.74, 6) is -0.983. The number of halogens is 1. The molecular formula is C23H27ClN4O6S2. The van der Waals surface area contributed by atoms with Crippen LogP contribution in [0, 0.1) is 6.92 Å². The number of hydrogen-bond acceptors (Lipinski definition) is 7. The van der Waals surface area contributed by atoms with Crippen LogP contribution in [0.1, 0.15) is 28.1 Å². The van der Waals surface area contributed by atoms with E-state index in [2.05, 4.69) is 10.0 Å². The fourth-order valence-electron chi connectivity index (χ4n) is 4.24. The molecule has 1 aromatic heterocycles. The van der Waals surface area contributed by atoms with Crippen molar-refractivity contribution >= 4 is 56.4 Å². The molecule has 0 saturated carbocycles. The first-order chi connectivity index (χ1) is 17.2. The Balaban J connectivity index is 1.57. The number of nitrogens with one attached hydrogen (secondary N) is 2. The molecule has 0 bridgehead atoms. The fraction of sp³-hybridized carbons (Fsp3) is 0.435. The van der Waals surface area contributed by atoms with E-state index in [0.717, 1.165) is 11.3 Å². The van der Waals surface area contributed by atoms with Crippen molar-refractivity contribution in [3.05, 3.63) is 45.1 Å². The van der Waals surface area contributed by atoms with Crippen LogP contribution in [-0.4, -0.2) is 76.5 Å². The van der Waals surface area contributed by atoms with E-state index in [4.69, 9.17) is 16.3 Å². The molecule has 0 radical (unpaired) electrons. The van der Waals surface area contributed by atoms with E-state index in [-0.39, 0.29) is 17.3 Å². The van der Waals surface area contributed by atoms with Crippen LogP contribution < -0.4 is 14.9 Å². The van der Waals surface area contributed by atoms with Crippen molar-refractivity contribution in [3.8, 4) is 0 Å². The fourth-order valence-corrected chi connectivity index (χ4v) is 6.65. The van der Waals surface area contributed by atoms with Gasteiger partial charge in [-0.2, -0.15) is 4.72 Å². The maximum atomic E-state index is 13.5. The van der Waals surface area contributed by atoms with Gasteiger partial charge in [0.2, 0.25) is 21.8 Å². The highest BCUT2D eigenvalue weighted by Crippen LogP contribution is 2.29. The van der Waals surface area contributed by atoms with E-state index in [9.17, 15) is 22.8 Å². The van der Waals surface area contributed by atoms with Gasteiger partial charge in [-0.25, -0.2) is 8.42 Å². The van der Waals surface area contributed by atoms with Crippen LogP contribution in [0.3, 0.4) is 0 Å². The molecule has 0 spiro atoms. The number of anilines is 1. The Hall–Kier alpha value is -2.51. The molecule has 2 saturated heterocycles. The predicted molar refractivity (Wildman–Crippen MR) is 136 cm³/mol. The maximum absolute atomic E-state index is 13.5. The van der Waals surface area contributed by atoms with E-state index in [1.54, 1.807) is 36.1 Å². The van der Waals surface area contributed by atoms with Crippen molar-refractivity contribution in [1.29, 1.82) is 0 Å². The Kier molecular flexibility index (Phi) is 8.30. The minimum Gasteiger partial charge on any atom is -0.378 e. The summed E-state index contributed by atoms with van der Waals surface area (Å²) >= 11 is 6.99. The number of morpholine rings is 1. The first kappa shape index (κ1) is 26.6. The second-order valence-electron chi connectivity index (χ2n) is 8.47. The Morgan fingerprint density at radius 2 is 1.92 bits per heavy atom. The van der Waals surface area contributed by atoms with Gasteiger partial charge in [0.05, 0.1) is 27.3 Å². The SMILES string of the molecule is Cc1c(N2CCCC2=O)cccc1S(=O)(=O)N[C@@H](CNC(=O)c1ccc(Cl)s1)C(=O)N1CCOCC1. The quantitative estimate of drug-likeness (QED) is 0.512. The minimum absolute atomic E-state index is 0.0316.